The highest BCUT2D eigenvalue weighted by Gasteiger charge is 2.10. The first-order chi connectivity index (χ1) is 10.1. The molecule has 1 aromatic rings. The summed E-state index contributed by atoms with van der Waals surface area (Å²) < 4.78 is 5.14. The lowest BCUT2D eigenvalue weighted by Gasteiger charge is -2.04. The number of benzene rings is 1. The average Bonchev–Trinajstić information content (AvgIpc) is 2.50. The van der Waals surface area contributed by atoms with E-state index >= 15 is 0 Å². The smallest absolute Gasteiger partial charge is 0.194 e. The van der Waals surface area contributed by atoms with E-state index < -0.39 is 0 Å². The van der Waals surface area contributed by atoms with E-state index in [1.165, 1.54) is 6.20 Å². The number of Topliss-reactive ketones (excluding diaryl/α,β-unsaturated/α-hetero) is 1. The topological polar surface area (TPSA) is 38.7 Å². The number of ketones is 1. The van der Waals surface area contributed by atoms with Gasteiger partial charge in [-0.2, -0.15) is 0 Å². The lowest BCUT2D eigenvalue weighted by Crippen LogP contribution is -2.02. The molecule has 0 fully saturated rings. The first-order valence-electron chi connectivity index (χ1n) is 6.83. The zero-order valence-electron chi connectivity index (χ0n) is 12.6. The van der Waals surface area contributed by atoms with Crippen LogP contribution in [0.2, 0.25) is 0 Å². The van der Waals surface area contributed by atoms with Crippen molar-refractivity contribution in [3.05, 3.63) is 53.8 Å². The van der Waals surface area contributed by atoms with Crippen molar-refractivity contribution in [1.82, 2.24) is 0 Å². The van der Waals surface area contributed by atoms with Gasteiger partial charge in [-0.15, -0.1) is 0 Å². The Morgan fingerprint density at radius 1 is 1.43 bits per heavy atom. The fourth-order valence-corrected chi connectivity index (χ4v) is 1.69. The van der Waals surface area contributed by atoms with E-state index in [-0.39, 0.29) is 5.78 Å². The molecule has 0 spiro atoms. The quantitative estimate of drug-likeness (QED) is 0.315. The van der Waals surface area contributed by atoms with Crippen LogP contribution in [0.3, 0.4) is 0 Å². The van der Waals surface area contributed by atoms with E-state index in [1.807, 2.05) is 6.08 Å². The monoisotopic (exact) mass is 305 g/mol. The minimum absolute atomic E-state index is 0.108. The van der Waals surface area contributed by atoms with Gasteiger partial charge in [-0.1, -0.05) is 49.2 Å². The van der Waals surface area contributed by atoms with Crippen molar-refractivity contribution in [2.45, 2.75) is 26.7 Å². The molecule has 0 amide bonds. The second-order valence-corrected chi connectivity index (χ2v) is 5.01. The Kier molecular flexibility index (Phi) is 7.48. The standard InChI is InChI=1S/C17H20ClNO2/c1-4-5-6-8-15(12-19-13(2)18)17(20)14-9-7-10-16(11-14)21-3/h6-12H,4-5H2,1-3H3/b8-6+,15-12+,19-13?. The largest absolute Gasteiger partial charge is 0.497 e. The summed E-state index contributed by atoms with van der Waals surface area (Å²) >= 11 is 5.73. The van der Waals surface area contributed by atoms with E-state index in [4.69, 9.17) is 16.3 Å². The predicted molar refractivity (Wildman–Crippen MR) is 88.4 cm³/mol. The fraction of sp³-hybridized carbons (Fsp3) is 0.294. The first kappa shape index (κ1) is 17.2. The number of halogens is 1. The summed E-state index contributed by atoms with van der Waals surface area (Å²) in [6.45, 7) is 3.75. The molecule has 0 saturated heterocycles. The lowest BCUT2D eigenvalue weighted by atomic mass is 10.0. The molecule has 0 N–H and O–H groups in total. The van der Waals surface area contributed by atoms with E-state index in [1.54, 1.807) is 44.4 Å². The molecule has 0 unspecified atom stereocenters. The van der Waals surface area contributed by atoms with Crippen molar-refractivity contribution in [2.24, 2.45) is 4.99 Å². The first-order valence-corrected chi connectivity index (χ1v) is 7.21. The van der Waals surface area contributed by atoms with Crippen LogP contribution in [0.4, 0.5) is 0 Å². The molecule has 4 heteroatoms. The molecule has 0 aliphatic heterocycles. The SMILES string of the molecule is CCC/C=C/C(=C\N=C(C)Cl)C(=O)c1cccc(OC)c1. The molecule has 0 atom stereocenters. The van der Waals surface area contributed by atoms with Crippen LogP contribution < -0.4 is 4.74 Å². The van der Waals surface area contributed by atoms with Gasteiger partial charge >= 0.3 is 0 Å². The number of allylic oxidation sites excluding steroid dienone is 3. The summed E-state index contributed by atoms with van der Waals surface area (Å²) in [5.74, 6) is 0.540. The Morgan fingerprint density at radius 2 is 2.19 bits per heavy atom. The molecule has 0 saturated carbocycles. The van der Waals surface area contributed by atoms with Crippen LogP contribution in [0.5, 0.6) is 5.75 Å². The van der Waals surface area contributed by atoms with Crippen molar-refractivity contribution in [2.75, 3.05) is 7.11 Å². The molecule has 1 rings (SSSR count). The van der Waals surface area contributed by atoms with Crippen molar-refractivity contribution in [1.29, 1.82) is 0 Å². The molecule has 0 bridgehead atoms. The van der Waals surface area contributed by atoms with Gasteiger partial charge in [-0.25, -0.2) is 4.99 Å². The maximum Gasteiger partial charge on any atom is 0.194 e. The van der Waals surface area contributed by atoms with Gasteiger partial charge in [0, 0.05) is 17.3 Å². The van der Waals surface area contributed by atoms with Crippen LogP contribution >= 0.6 is 11.6 Å². The van der Waals surface area contributed by atoms with Gasteiger partial charge in [0.2, 0.25) is 0 Å². The van der Waals surface area contributed by atoms with E-state index in [9.17, 15) is 4.79 Å². The number of unbranched alkanes of at least 4 members (excludes halogenated alkanes) is 1. The third-order valence-corrected chi connectivity index (χ3v) is 2.83. The number of methoxy groups -OCH3 is 1. The molecule has 112 valence electrons. The molecule has 0 radical (unpaired) electrons. The van der Waals surface area contributed by atoms with Crippen LogP contribution in [0.15, 0.2) is 53.2 Å². The van der Waals surface area contributed by atoms with Crippen LogP contribution in [-0.4, -0.2) is 18.1 Å². The summed E-state index contributed by atoms with van der Waals surface area (Å²) in [4.78, 5) is 16.5. The van der Waals surface area contributed by atoms with Crippen molar-refractivity contribution < 1.29 is 9.53 Å². The molecular weight excluding hydrogens is 286 g/mol. The van der Waals surface area contributed by atoms with Crippen LogP contribution in [0.1, 0.15) is 37.0 Å². The number of rotatable bonds is 7. The highest BCUT2D eigenvalue weighted by atomic mass is 35.5. The third kappa shape index (κ3) is 5.96. The second kappa shape index (κ2) is 9.14. The Bertz CT molecular complexity index is 570. The number of hydrogen-bond donors (Lipinski definition) is 0. The van der Waals surface area contributed by atoms with Crippen LogP contribution in [0, 0.1) is 0 Å². The average molecular weight is 306 g/mol. The Morgan fingerprint density at radius 3 is 2.81 bits per heavy atom. The molecule has 0 heterocycles. The number of carbonyl (C=O) groups is 1. The van der Waals surface area contributed by atoms with Crippen molar-refractivity contribution in [3.8, 4) is 5.75 Å². The minimum atomic E-state index is -0.108. The van der Waals surface area contributed by atoms with Gasteiger partial charge in [0.25, 0.3) is 0 Å². The minimum Gasteiger partial charge on any atom is -0.497 e. The number of carbonyl (C=O) groups excluding carboxylic acids is 1. The molecule has 0 aliphatic rings. The summed E-state index contributed by atoms with van der Waals surface area (Å²) in [6, 6.07) is 7.05. The number of nitrogens with zero attached hydrogens (tertiary/aromatic N) is 1. The van der Waals surface area contributed by atoms with E-state index in [2.05, 4.69) is 11.9 Å². The molecule has 21 heavy (non-hydrogen) atoms. The Balaban J connectivity index is 3.09. The Hall–Kier alpha value is -1.87. The van der Waals surface area contributed by atoms with Gasteiger partial charge < -0.3 is 4.74 Å². The molecule has 0 aromatic heterocycles. The number of ether oxygens (including phenoxy) is 1. The maximum absolute atomic E-state index is 12.5. The third-order valence-electron chi connectivity index (χ3n) is 2.73. The summed E-state index contributed by atoms with van der Waals surface area (Å²) in [5, 5.41) is 0.384. The second-order valence-electron chi connectivity index (χ2n) is 4.46. The van der Waals surface area contributed by atoms with Crippen molar-refractivity contribution >= 4 is 22.6 Å². The van der Waals surface area contributed by atoms with E-state index in [0.29, 0.717) is 22.1 Å². The predicted octanol–water partition coefficient (Wildman–Crippen LogP) is 4.78. The zero-order valence-corrected chi connectivity index (χ0v) is 13.4. The summed E-state index contributed by atoms with van der Waals surface area (Å²) in [5.41, 5.74) is 1.06. The highest BCUT2D eigenvalue weighted by molar-refractivity contribution is 6.64. The highest BCUT2D eigenvalue weighted by Crippen LogP contribution is 2.17. The molecule has 3 nitrogen and oxygen atoms in total. The summed E-state index contributed by atoms with van der Waals surface area (Å²) in [6.07, 6.45) is 7.18. The number of hydrogen-bond acceptors (Lipinski definition) is 3. The van der Waals surface area contributed by atoms with E-state index in [0.717, 1.165) is 12.8 Å². The van der Waals surface area contributed by atoms with Gasteiger partial charge in [0.05, 0.1) is 7.11 Å². The lowest BCUT2D eigenvalue weighted by molar-refractivity contribution is 0.103. The van der Waals surface area contributed by atoms with Gasteiger partial charge in [-0.05, 0) is 25.5 Å². The molecule has 0 aliphatic carbocycles. The molecule has 1 aromatic carbocycles. The zero-order chi connectivity index (χ0) is 15.7. The van der Waals surface area contributed by atoms with Crippen molar-refractivity contribution in [3.63, 3.8) is 0 Å². The number of aliphatic imine (C=N–C) groups is 1. The Labute approximate surface area is 131 Å². The molecular formula is C17H20ClNO2. The van der Waals surface area contributed by atoms with Gasteiger partial charge in [-0.3, -0.25) is 4.79 Å². The maximum atomic E-state index is 12.5. The van der Waals surface area contributed by atoms with Gasteiger partial charge in [0.1, 0.15) is 10.9 Å². The fourth-order valence-electron chi connectivity index (χ4n) is 1.64. The van der Waals surface area contributed by atoms with Gasteiger partial charge in [0.15, 0.2) is 5.78 Å². The van der Waals surface area contributed by atoms with Crippen LogP contribution in [0.25, 0.3) is 0 Å². The summed E-state index contributed by atoms with van der Waals surface area (Å²) in [7, 11) is 1.57. The van der Waals surface area contributed by atoms with Crippen LogP contribution in [-0.2, 0) is 0 Å². The normalized spacial score (nSPS) is 12.8.